The van der Waals surface area contributed by atoms with Crippen molar-refractivity contribution in [1.82, 2.24) is 19.7 Å². The van der Waals surface area contributed by atoms with Crippen LogP contribution in [0.5, 0.6) is 0 Å². The first-order valence-electron chi connectivity index (χ1n) is 9.67. The highest BCUT2D eigenvalue weighted by atomic mass is 35.5. The number of aryl methyl sites for hydroxylation is 1. The number of aromatic nitrogens is 3. The maximum Gasteiger partial charge on any atom is 0.239 e. The fourth-order valence-corrected chi connectivity index (χ4v) is 3.92. The van der Waals surface area contributed by atoms with Crippen LogP contribution < -0.4 is 5.73 Å². The second-order valence-electron chi connectivity index (χ2n) is 7.25. The lowest BCUT2D eigenvalue weighted by Gasteiger charge is -2.24. The minimum Gasteiger partial charge on any atom is -0.341 e. The summed E-state index contributed by atoms with van der Waals surface area (Å²) >= 11 is 0. The van der Waals surface area contributed by atoms with Gasteiger partial charge >= 0.3 is 0 Å². The van der Waals surface area contributed by atoms with Crippen LogP contribution in [0.4, 0.5) is 0 Å². The maximum atomic E-state index is 12.9. The second kappa shape index (κ2) is 10.6. The van der Waals surface area contributed by atoms with E-state index in [1.807, 2.05) is 47.0 Å². The molecule has 1 atom stereocenters. The zero-order chi connectivity index (χ0) is 19.5. The zero-order valence-corrected chi connectivity index (χ0v) is 18.5. The van der Waals surface area contributed by atoms with E-state index in [0.29, 0.717) is 19.5 Å². The van der Waals surface area contributed by atoms with E-state index >= 15 is 0 Å². The van der Waals surface area contributed by atoms with Crippen LogP contribution in [-0.4, -0.2) is 44.7 Å². The fraction of sp³-hybridized carbons (Fsp3) is 0.318. The van der Waals surface area contributed by atoms with E-state index in [4.69, 9.17) is 10.8 Å². The summed E-state index contributed by atoms with van der Waals surface area (Å²) in [7, 11) is 1.98. The van der Waals surface area contributed by atoms with Gasteiger partial charge in [-0.15, -0.1) is 24.8 Å². The monoisotopic (exact) mass is 447 g/mol. The second-order valence-corrected chi connectivity index (χ2v) is 7.25. The molecule has 1 aliphatic rings. The Labute approximate surface area is 189 Å². The van der Waals surface area contributed by atoms with Gasteiger partial charge in [-0.2, -0.15) is 5.10 Å². The summed E-state index contributed by atoms with van der Waals surface area (Å²) in [5.41, 5.74) is 11.9. The number of carbonyl (C=O) groups is 1. The van der Waals surface area contributed by atoms with E-state index in [1.54, 1.807) is 12.4 Å². The molecule has 0 fully saturated rings. The fourth-order valence-electron chi connectivity index (χ4n) is 3.92. The first-order chi connectivity index (χ1) is 13.6. The Hall–Kier alpha value is -2.41. The van der Waals surface area contributed by atoms with Gasteiger partial charge in [-0.3, -0.25) is 14.5 Å². The molecule has 0 saturated heterocycles. The van der Waals surface area contributed by atoms with Crippen molar-refractivity contribution in [2.24, 2.45) is 12.8 Å². The van der Waals surface area contributed by atoms with Gasteiger partial charge in [0.05, 0.1) is 11.7 Å². The predicted molar refractivity (Wildman–Crippen MR) is 123 cm³/mol. The zero-order valence-electron chi connectivity index (χ0n) is 16.9. The summed E-state index contributed by atoms with van der Waals surface area (Å²) in [6.07, 6.45) is 5.57. The molecule has 1 aliphatic heterocycles. The molecule has 0 unspecified atom stereocenters. The number of halogens is 2. The molecule has 30 heavy (non-hydrogen) atoms. The van der Waals surface area contributed by atoms with Crippen LogP contribution in [0.2, 0.25) is 0 Å². The van der Waals surface area contributed by atoms with Crippen molar-refractivity contribution in [2.45, 2.75) is 25.3 Å². The Morgan fingerprint density at radius 3 is 2.43 bits per heavy atom. The molecule has 8 heteroatoms. The normalized spacial score (nSPS) is 14.0. The van der Waals surface area contributed by atoms with Crippen LogP contribution in [0.15, 0.2) is 54.9 Å². The summed E-state index contributed by atoms with van der Waals surface area (Å²) in [6.45, 7) is 1.34. The molecule has 2 aromatic heterocycles. The lowest BCUT2D eigenvalue weighted by molar-refractivity contribution is -0.132. The van der Waals surface area contributed by atoms with Crippen molar-refractivity contribution in [2.75, 3.05) is 13.1 Å². The number of hydrogen-bond donors (Lipinski definition) is 1. The van der Waals surface area contributed by atoms with Crippen LogP contribution in [-0.2, 0) is 31.1 Å². The number of amides is 1. The van der Waals surface area contributed by atoms with Crippen LogP contribution >= 0.6 is 24.8 Å². The number of rotatable bonds is 4. The van der Waals surface area contributed by atoms with Crippen molar-refractivity contribution < 1.29 is 4.79 Å². The molecule has 160 valence electrons. The van der Waals surface area contributed by atoms with Crippen LogP contribution in [0.3, 0.4) is 0 Å². The molecule has 0 saturated carbocycles. The summed E-state index contributed by atoms with van der Waals surface area (Å²) < 4.78 is 1.96. The van der Waals surface area contributed by atoms with Crippen LogP contribution in [0.25, 0.3) is 11.3 Å². The largest absolute Gasteiger partial charge is 0.341 e. The third kappa shape index (κ3) is 5.01. The highest BCUT2D eigenvalue weighted by Gasteiger charge is 2.27. The van der Waals surface area contributed by atoms with E-state index in [2.05, 4.69) is 17.1 Å². The van der Waals surface area contributed by atoms with Gasteiger partial charge in [-0.05, 0) is 30.5 Å². The molecule has 0 bridgehead atoms. The predicted octanol–water partition coefficient (Wildman–Crippen LogP) is 2.82. The summed E-state index contributed by atoms with van der Waals surface area (Å²) in [5.74, 6) is 0.0128. The number of benzene rings is 1. The average molecular weight is 448 g/mol. The quantitative estimate of drug-likeness (QED) is 0.666. The molecule has 1 amide bonds. The number of carbonyl (C=O) groups excluding carboxylic acids is 1. The Kier molecular flexibility index (Phi) is 8.41. The minimum atomic E-state index is -0.532. The Bertz CT molecular complexity index is 962. The maximum absolute atomic E-state index is 12.9. The molecule has 0 radical (unpaired) electrons. The number of nitrogens with zero attached hydrogens (tertiary/aromatic N) is 4. The van der Waals surface area contributed by atoms with Gasteiger partial charge < -0.3 is 10.6 Å². The lowest BCUT2D eigenvalue weighted by atomic mass is 10.0. The molecule has 2 N–H and O–H groups in total. The molecule has 6 nitrogen and oxygen atoms in total. The Balaban J connectivity index is 0.00000160. The van der Waals surface area contributed by atoms with Crippen molar-refractivity contribution in [3.05, 3.63) is 71.7 Å². The highest BCUT2D eigenvalue weighted by molar-refractivity contribution is 5.85. The van der Waals surface area contributed by atoms with E-state index in [1.165, 1.54) is 11.3 Å². The van der Waals surface area contributed by atoms with E-state index in [-0.39, 0.29) is 30.7 Å². The summed E-state index contributed by atoms with van der Waals surface area (Å²) in [6, 6.07) is 13.5. The van der Waals surface area contributed by atoms with Gasteiger partial charge in [0.15, 0.2) is 0 Å². The standard InChI is InChI=1S/C22H25N5O.2ClH/c1-26-20-10-14-27(22(28)19(23)15-16-7-11-24-12-8-16)13-9-18(20)21(25-26)17-5-3-2-4-6-17;;/h2-8,11-12,19H,9-10,13-15,23H2,1H3;2*1H/t19-;;/m1../s1. The number of pyridine rings is 1. The Morgan fingerprint density at radius 1 is 1.07 bits per heavy atom. The molecule has 3 aromatic rings. The lowest BCUT2D eigenvalue weighted by Crippen LogP contribution is -2.46. The number of hydrogen-bond acceptors (Lipinski definition) is 4. The van der Waals surface area contributed by atoms with E-state index in [0.717, 1.165) is 29.7 Å². The van der Waals surface area contributed by atoms with Crippen molar-refractivity contribution in [3.63, 3.8) is 0 Å². The Morgan fingerprint density at radius 2 is 1.73 bits per heavy atom. The smallest absolute Gasteiger partial charge is 0.239 e. The van der Waals surface area contributed by atoms with Crippen molar-refractivity contribution in [1.29, 1.82) is 0 Å². The summed E-state index contributed by atoms with van der Waals surface area (Å²) in [4.78, 5) is 18.8. The van der Waals surface area contributed by atoms with Crippen molar-refractivity contribution >= 4 is 30.7 Å². The molecule has 1 aromatic carbocycles. The third-order valence-electron chi connectivity index (χ3n) is 5.41. The third-order valence-corrected chi connectivity index (χ3v) is 5.41. The first kappa shape index (κ1) is 23.9. The van der Waals surface area contributed by atoms with E-state index in [9.17, 15) is 4.79 Å². The number of nitrogens with two attached hydrogens (primary N) is 1. The van der Waals surface area contributed by atoms with E-state index < -0.39 is 6.04 Å². The molecule has 0 aliphatic carbocycles. The average Bonchev–Trinajstić information content (AvgIpc) is 2.90. The number of fused-ring (bicyclic) bond motifs is 1. The molecule has 3 heterocycles. The highest BCUT2D eigenvalue weighted by Crippen LogP contribution is 2.28. The van der Waals surface area contributed by atoms with Gasteiger partial charge in [0.25, 0.3) is 0 Å². The van der Waals surface area contributed by atoms with Gasteiger partial charge in [-0.25, -0.2) is 0 Å². The SMILES string of the molecule is Cl.Cl.Cn1nc(-c2ccccc2)c2c1CCN(C(=O)[C@H](N)Cc1ccncc1)CC2. The molecule has 0 spiro atoms. The van der Waals surface area contributed by atoms with Gasteiger partial charge in [0.2, 0.25) is 5.91 Å². The molecular formula is C22H27Cl2N5O. The minimum absolute atomic E-state index is 0. The molecular weight excluding hydrogens is 421 g/mol. The topological polar surface area (TPSA) is 77.0 Å². The summed E-state index contributed by atoms with van der Waals surface area (Å²) in [5, 5.41) is 4.75. The van der Waals surface area contributed by atoms with Crippen LogP contribution in [0, 0.1) is 0 Å². The van der Waals surface area contributed by atoms with Gasteiger partial charge in [-0.1, -0.05) is 30.3 Å². The molecule has 4 rings (SSSR count). The van der Waals surface area contributed by atoms with Crippen molar-refractivity contribution in [3.8, 4) is 11.3 Å². The van der Waals surface area contributed by atoms with Gasteiger partial charge in [0, 0.05) is 55.8 Å². The van der Waals surface area contributed by atoms with Gasteiger partial charge in [0.1, 0.15) is 0 Å². The first-order valence-corrected chi connectivity index (χ1v) is 9.67. The van der Waals surface area contributed by atoms with Crippen LogP contribution in [0.1, 0.15) is 16.8 Å².